The Morgan fingerprint density at radius 3 is 0.658 bits per heavy atom. The van der Waals surface area contributed by atoms with Gasteiger partial charge in [0.2, 0.25) is 0 Å². The molecule has 0 spiro atoms. The quantitative estimate of drug-likeness (QED) is 0.0343. The van der Waals surface area contributed by atoms with E-state index in [9.17, 15) is 38.4 Å². The zero-order valence-electron chi connectivity index (χ0n) is 44.0. The summed E-state index contributed by atoms with van der Waals surface area (Å²) in [4.78, 5) is 97.0. The van der Waals surface area contributed by atoms with Crippen LogP contribution in [0, 0.1) is 11.8 Å². The molecule has 4 unspecified atom stereocenters. The van der Waals surface area contributed by atoms with Crippen LogP contribution < -0.4 is 18.9 Å². The van der Waals surface area contributed by atoms with Gasteiger partial charge in [0.1, 0.15) is 23.0 Å². The Balaban J connectivity index is 1.25. The monoisotopic (exact) mass is 1050 g/mol. The molecule has 2 aliphatic rings. The van der Waals surface area contributed by atoms with Crippen LogP contribution in [-0.4, -0.2) is 76.2 Å². The van der Waals surface area contributed by atoms with Gasteiger partial charge in [-0.1, -0.05) is 48.5 Å². The highest BCUT2D eigenvalue weighted by Crippen LogP contribution is 2.54. The highest BCUT2D eigenvalue weighted by Gasteiger charge is 2.40. The molecule has 0 amide bonds. The number of ether oxygens (including phenoxy) is 8. The molecule has 0 bridgehead atoms. The molecule has 2 aliphatic carbocycles. The van der Waals surface area contributed by atoms with Gasteiger partial charge in [0, 0.05) is 51.4 Å². The van der Waals surface area contributed by atoms with Crippen molar-refractivity contribution in [1.82, 2.24) is 0 Å². The smallest absolute Gasteiger partial charge is 0.311 e. The van der Waals surface area contributed by atoms with Gasteiger partial charge in [-0.15, -0.1) is 0 Å². The Labute approximate surface area is 444 Å². The normalized spacial score (nSPS) is 19.0. The largest absolute Gasteiger partial charge is 0.469 e. The van der Waals surface area contributed by atoms with E-state index in [1.165, 1.54) is 28.4 Å². The molecule has 16 nitrogen and oxygen atoms in total. The van der Waals surface area contributed by atoms with E-state index in [-0.39, 0.29) is 111 Å². The lowest BCUT2D eigenvalue weighted by molar-refractivity contribution is -0.142. The van der Waals surface area contributed by atoms with Crippen molar-refractivity contribution >= 4 is 47.8 Å². The molecule has 76 heavy (non-hydrogen) atoms. The molecule has 16 heteroatoms. The van der Waals surface area contributed by atoms with Crippen LogP contribution in [-0.2, 0) is 57.3 Å². The molecule has 4 aromatic rings. The van der Waals surface area contributed by atoms with E-state index in [1.807, 2.05) is 97.1 Å². The van der Waals surface area contributed by atoms with Gasteiger partial charge in [0.05, 0.1) is 28.4 Å². The SMILES string of the molecule is COC(=O)CCCC(=O)Oc1ccc(C2CC(c3ccc(OC(=O)CCCC(=O)OC)cc3)CC(C3CC(c4ccc(OC(=O)CCCC(=O)OC)cc4)CC(c4ccc(OC(=O)CCCC(=O)OC)cc4)C3)C2)cc1. The molecule has 0 aromatic heterocycles. The number of hydrogen-bond donors (Lipinski definition) is 0. The molecular formula is C60H70O16. The van der Waals surface area contributed by atoms with E-state index in [0.29, 0.717) is 48.7 Å². The summed E-state index contributed by atoms with van der Waals surface area (Å²) < 4.78 is 41.3. The van der Waals surface area contributed by atoms with Crippen LogP contribution in [0.1, 0.15) is 162 Å². The van der Waals surface area contributed by atoms with Crippen molar-refractivity contribution < 1.29 is 76.3 Å². The summed E-state index contributed by atoms with van der Waals surface area (Å²) in [6, 6.07) is 30.8. The number of esters is 8. The minimum atomic E-state index is -0.433. The van der Waals surface area contributed by atoms with Gasteiger partial charge in [-0.3, -0.25) is 38.4 Å². The number of rotatable bonds is 25. The predicted octanol–water partition coefficient (Wildman–Crippen LogP) is 10.7. The molecule has 406 valence electrons. The number of methoxy groups -OCH3 is 4. The van der Waals surface area contributed by atoms with Gasteiger partial charge >= 0.3 is 47.8 Å². The fourth-order valence-electron chi connectivity index (χ4n) is 10.5. The number of carbonyl (C=O) groups excluding carboxylic acids is 8. The molecular weight excluding hydrogens is 977 g/mol. The van der Waals surface area contributed by atoms with Crippen LogP contribution in [0.4, 0.5) is 0 Å². The second kappa shape index (κ2) is 29.7. The molecule has 2 saturated carbocycles. The number of benzene rings is 4. The first kappa shape index (κ1) is 57.9. The molecule has 4 aromatic carbocycles. The van der Waals surface area contributed by atoms with Crippen LogP contribution in [0.25, 0.3) is 0 Å². The topological polar surface area (TPSA) is 210 Å². The molecule has 2 fully saturated rings. The molecule has 0 saturated heterocycles. The maximum absolute atomic E-state index is 12.7. The Bertz CT molecular complexity index is 2220. The van der Waals surface area contributed by atoms with Crippen molar-refractivity contribution in [3.63, 3.8) is 0 Å². The zero-order valence-corrected chi connectivity index (χ0v) is 44.0. The summed E-state index contributed by atoms with van der Waals surface area (Å²) in [6.45, 7) is 0. The van der Waals surface area contributed by atoms with Gasteiger partial charge in [0.25, 0.3) is 0 Å². The maximum Gasteiger partial charge on any atom is 0.311 e. The lowest BCUT2D eigenvalue weighted by Crippen LogP contribution is -2.31. The van der Waals surface area contributed by atoms with Crippen LogP contribution in [0.2, 0.25) is 0 Å². The fourth-order valence-corrected chi connectivity index (χ4v) is 10.5. The summed E-state index contributed by atoms with van der Waals surface area (Å²) in [7, 11) is 5.24. The van der Waals surface area contributed by atoms with Gasteiger partial charge in [0.15, 0.2) is 0 Å². The third-order valence-corrected chi connectivity index (χ3v) is 14.4. The maximum atomic E-state index is 12.7. The summed E-state index contributed by atoms with van der Waals surface area (Å²) in [5, 5.41) is 0. The average Bonchev–Trinajstić information content (AvgIpc) is 3.43. The van der Waals surface area contributed by atoms with Crippen molar-refractivity contribution in [2.24, 2.45) is 11.8 Å². The second-order valence-corrected chi connectivity index (χ2v) is 19.6. The van der Waals surface area contributed by atoms with Gasteiger partial charge in [-0.25, -0.2) is 0 Å². The van der Waals surface area contributed by atoms with Crippen molar-refractivity contribution in [2.45, 2.75) is 139 Å². The Morgan fingerprint density at radius 1 is 0.289 bits per heavy atom. The first-order valence-corrected chi connectivity index (χ1v) is 26.2. The highest BCUT2D eigenvalue weighted by molar-refractivity contribution is 5.76. The highest BCUT2D eigenvalue weighted by atomic mass is 16.6. The lowest BCUT2D eigenvalue weighted by atomic mass is 9.60. The van der Waals surface area contributed by atoms with Crippen LogP contribution in [0.5, 0.6) is 23.0 Å². The number of carbonyl (C=O) groups is 8. The molecule has 0 aliphatic heterocycles. The van der Waals surface area contributed by atoms with E-state index in [0.717, 1.165) is 60.8 Å². The Kier molecular flexibility index (Phi) is 22.6. The van der Waals surface area contributed by atoms with E-state index < -0.39 is 23.9 Å². The van der Waals surface area contributed by atoms with E-state index in [2.05, 4.69) is 18.9 Å². The first-order valence-electron chi connectivity index (χ1n) is 26.2. The zero-order chi connectivity index (χ0) is 54.4. The minimum Gasteiger partial charge on any atom is -0.469 e. The predicted molar refractivity (Wildman–Crippen MR) is 277 cm³/mol. The molecule has 0 radical (unpaired) electrons. The summed E-state index contributed by atoms with van der Waals surface area (Å²) in [5.41, 5.74) is 4.47. The Hall–Kier alpha value is -7.36. The van der Waals surface area contributed by atoms with Gasteiger partial charge in [-0.2, -0.15) is 0 Å². The minimum absolute atomic E-state index is 0.0777. The van der Waals surface area contributed by atoms with Crippen molar-refractivity contribution in [3.8, 4) is 23.0 Å². The van der Waals surface area contributed by atoms with Crippen molar-refractivity contribution in [3.05, 3.63) is 119 Å². The van der Waals surface area contributed by atoms with Gasteiger partial charge < -0.3 is 37.9 Å². The van der Waals surface area contributed by atoms with Crippen LogP contribution in [0.3, 0.4) is 0 Å². The second-order valence-electron chi connectivity index (χ2n) is 19.6. The van der Waals surface area contributed by atoms with E-state index in [4.69, 9.17) is 18.9 Å². The van der Waals surface area contributed by atoms with Crippen LogP contribution >= 0.6 is 0 Å². The third-order valence-electron chi connectivity index (χ3n) is 14.4. The standard InChI is InChI=1S/C60H70O16/c1-69-53(61)9-5-13-57(65)73-49-25-17-39(18-26-49)43-33-44(40-19-27-50(28-20-40)74-58(66)14-6-10-54(62)70-2)36-47(35-43)48-37-45(41-21-29-51(30-22-41)75-59(67)15-7-11-55(63)71-3)34-46(38-48)42-23-31-52(32-24-42)76-60(68)16-8-12-56(64)72-4/h17-32,43-48H,5-16,33-38H2,1-4H3. The fraction of sp³-hybridized carbons (Fsp3) is 0.467. The van der Waals surface area contributed by atoms with E-state index in [1.54, 1.807) is 0 Å². The third kappa shape index (κ3) is 18.5. The average molecular weight is 1050 g/mol. The molecule has 6 rings (SSSR count). The first-order chi connectivity index (χ1) is 36.7. The number of hydrogen-bond acceptors (Lipinski definition) is 16. The molecule has 4 atom stereocenters. The Morgan fingerprint density at radius 2 is 0.474 bits per heavy atom. The van der Waals surface area contributed by atoms with Crippen LogP contribution in [0.15, 0.2) is 97.1 Å². The van der Waals surface area contributed by atoms with E-state index >= 15 is 0 Å². The molecule has 0 heterocycles. The molecule has 0 N–H and O–H groups in total. The summed E-state index contributed by atoms with van der Waals surface area (Å²) >= 11 is 0. The summed E-state index contributed by atoms with van der Waals surface area (Å²) in [6.07, 6.45) is 7.42. The summed E-state index contributed by atoms with van der Waals surface area (Å²) in [5.74, 6) is -0.491. The van der Waals surface area contributed by atoms with Gasteiger partial charge in [-0.05, 0) is 171 Å². The lowest BCUT2D eigenvalue weighted by Gasteiger charge is -2.44. The van der Waals surface area contributed by atoms with Crippen molar-refractivity contribution in [1.29, 1.82) is 0 Å². The van der Waals surface area contributed by atoms with Crippen molar-refractivity contribution in [2.75, 3.05) is 28.4 Å².